The monoisotopic (exact) mass is 187 g/mol. The maximum Gasteiger partial charge on any atom is 0.418 e. The van der Waals surface area contributed by atoms with Gasteiger partial charge in [0, 0.05) is 0 Å². The van der Waals surface area contributed by atoms with Crippen LogP contribution in [0.25, 0.3) is 0 Å². The fraction of sp³-hybridized carbons (Fsp3) is 0.222. The Kier molecular flexibility index (Phi) is 2.40. The third kappa shape index (κ3) is 2.08. The van der Waals surface area contributed by atoms with Crippen molar-refractivity contribution in [2.75, 3.05) is 0 Å². The molecule has 0 radical (unpaired) electrons. The van der Waals surface area contributed by atoms with Gasteiger partial charge in [-0.05, 0) is 25.8 Å². The van der Waals surface area contributed by atoms with Crippen molar-refractivity contribution in [2.45, 2.75) is 13.1 Å². The topological polar surface area (TPSA) is 12.4 Å². The van der Waals surface area contributed by atoms with Gasteiger partial charge < -0.3 is 0 Å². The Morgan fingerprint density at radius 2 is 1.92 bits per heavy atom. The molecule has 0 unspecified atom stereocenters. The van der Waals surface area contributed by atoms with Crippen molar-refractivity contribution in [3.05, 3.63) is 29.3 Å². The number of halogens is 3. The summed E-state index contributed by atoms with van der Waals surface area (Å²) in [4.78, 5) is 3.31. The summed E-state index contributed by atoms with van der Waals surface area (Å²) >= 11 is 0. The van der Waals surface area contributed by atoms with Crippen LogP contribution in [0.1, 0.15) is 11.1 Å². The second-order valence-corrected chi connectivity index (χ2v) is 2.68. The first-order valence-corrected chi connectivity index (χ1v) is 3.59. The van der Waals surface area contributed by atoms with E-state index in [-0.39, 0.29) is 5.69 Å². The lowest BCUT2D eigenvalue weighted by atomic mass is 10.1. The Bertz CT molecular complexity index is 328. The second-order valence-electron chi connectivity index (χ2n) is 2.68. The molecule has 0 amide bonds. The van der Waals surface area contributed by atoms with Gasteiger partial charge in [0.2, 0.25) is 0 Å². The van der Waals surface area contributed by atoms with Crippen LogP contribution >= 0.6 is 0 Å². The third-order valence-electron chi connectivity index (χ3n) is 1.63. The number of rotatable bonds is 1. The van der Waals surface area contributed by atoms with Crippen LogP contribution in [-0.4, -0.2) is 6.72 Å². The lowest BCUT2D eigenvalue weighted by Crippen LogP contribution is -2.05. The van der Waals surface area contributed by atoms with Crippen LogP contribution in [0.2, 0.25) is 0 Å². The van der Waals surface area contributed by atoms with E-state index < -0.39 is 11.7 Å². The highest BCUT2D eigenvalue weighted by molar-refractivity contribution is 5.53. The van der Waals surface area contributed by atoms with Crippen molar-refractivity contribution in [1.82, 2.24) is 0 Å². The number of alkyl halides is 3. The van der Waals surface area contributed by atoms with Gasteiger partial charge in [0.05, 0.1) is 11.3 Å². The van der Waals surface area contributed by atoms with Crippen molar-refractivity contribution >= 4 is 12.4 Å². The minimum atomic E-state index is -4.36. The molecule has 1 aromatic carbocycles. The molecule has 0 atom stereocenters. The van der Waals surface area contributed by atoms with Gasteiger partial charge in [0.1, 0.15) is 0 Å². The molecule has 0 aliphatic heterocycles. The van der Waals surface area contributed by atoms with Crippen LogP contribution in [-0.2, 0) is 6.18 Å². The van der Waals surface area contributed by atoms with Crippen LogP contribution in [0.15, 0.2) is 23.2 Å². The van der Waals surface area contributed by atoms with Gasteiger partial charge in [-0.25, -0.2) is 0 Å². The van der Waals surface area contributed by atoms with E-state index >= 15 is 0 Å². The standard InChI is InChI=1S/C9H8F3N/c1-6-3-4-8(13-2)7(5-6)9(10,11)12/h3-5H,2H2,1H3. The van der Waals surface area contributed by atoms with E-state index in [1.54, 1.807) is 13.0 Å². The third-order valence-corrected chi connectivity index (χ3v) is 1.63. The zero-order valence-corrected chi connectivity index (χ0v) is 7.02. The highest BCUT2D eigenvalue weighted by Crippen LogP contribution is 2.36. The van der Waals surface area contributed by atoms with Crippen LogP contribution in [0.4, 0.5) is 18.9 Å². The normalized spacial score (nSPS) is 11.4. The van der Waals surface area contributed by atoms with Crippen LogP contribution in [0.3, 0.4) is 0 Å². The van der Waals surface area contributed by atoms with Crippen LogP contribution < -0.4 is 0 Å². The van der Waals surface area contributed by atoms with E-state index in [4.69, 9.17) is 0 Å². The van der Waals surface area contributed by atoms with E-state index in [0.29, 0.717) is 5.56 Å². The molecule has 0 saturated carbocycles. The first kappa shape index (κ1) is 9.77. The fourth-order valence-electron chi connectivity index (χ4n) is 1.01. The maximum absolute atomic E-state index is 12.3. The van der Waals surface area contributed by atoms with Crippen LogP contribution in [0, 0.1) is 6.92 Å². The van der Waals surface area contributed by atoms with Crippen molar-refractivity contribution < 1.29 is 13.2 Å². The summed E-state index contributed by atoms with van der Waals surface area (Å²) in [5, 5.41) is 0. The molecule has 0 aromatic heterocycles. The van der Waals surface area contributed by atoms with Crippen molar-refractivity contribution in [1.29, 1.82) is 0 Å². The van der Waals surface area contributed by atoms with Gasteiger partial charge in [0.25, 0.3) is 0 Å². The molecule has 1 nitrogen and oxygen atoms in total. The molecule has 0 N–H and O–H groups in total. The van der Waals surface area contributed by atoms with Gasteiger partial charge in [-0.15, -0.1) is 0 Å². The Morgan fingerprint density at radius 3 is 2.38 bits per heavy atom. The molecule has 13 heavy (non-hydrogen) atoms. The van der Waals surface area contributed by atoms with Gasteiger partial charge in [-0.2, -0.15) is 13.2 Å². The Balaban J connectivity index is 3.32. The summed E-state index contributed by atoms with van der Waals surface area (Å²) in [5.74, 6) is 0. The highest BCUT2D eigenvalue weighted by atomic mass is 19.4. The summed E-state index contributed by atoms with van der Waals surface area (Å²) in [7, 11) is 0. The number of aryl methyl sites for hydroxylation is 1. The molecule has 4 heteroatoms. The molecule has 1 rings (SSSR count). The molecule has 0 spiro atoms. The van der Waals surface area contributed by atoms with Crippen molar-refractivity contribution in [3.8, 4) is 0 Å². The second kappa shape index (κ2) is 3.20. The van der Waals surface area contributed by atoms with Gasteiger partial charge in [-0.1, -0.05) is 11.6 Å². The Labute approximate surface area is 73.9 Å². The van der Waals surface area contributed by atoms with E-state index in [1.165, 1.54) is 6.07 Å². The van der Waals surface area contributed by atoms with E-state index in [0.717, 1.165) is 6.07 Å². The average molecular weight is 187 g/mol. The number of aliphatic imine (C=N–C) groups is 1. The van der Waals surface area contributed by atoms with E-state index in [9.17, 15) is 13.2 Å². The zero-order valence-electron chi connectivity index (χ0n) is 7.02. The van der Waals surface area contributed by atoms with Gasteiger partial charge in [0.15, 0.2) is 0 Å². The smallest absolute Gasteiger partial charge is 0.264 e. The SMILES string of the molecule is C=Nc1ccc(C)cc1C(F)(F)F. The molecule has 0 heterocycles. The lowest BCUT2D eigenvalue weighted by Gasteiger charge is -2.09. The first-order chi connectivity index (χ1) is 5.95. The van der Waals surface area contributed by atoms with Crippen molar-refractivity contribution in [3.63, 3.8) is 0 Å². The lowest BCUT2D eigenvalue weighted by molar-refractivity contribution is -0.137. The van der Waals surface area contributed by atoms with Gasteiger partial charge >= 0.3 is 6.18 Å². The minimum Gasteiger partial charge on any atom is -0.264 e. The quantitative estimate of drug-likeness (QED) is 0.598. The molecule has 1 aromatic rings. The van der Waals surface area contributed by atoms with Gasteiger partial charge in [-0.3, -0.25) is 4.99 Å². The molecular formula is C9H8F3N. The first-order valence-electron chi connectivity index (χ1n) is 3.59. The maximum atomic E-state index is 12.3. The summed E-state index contributed by atoms with van der Waals surface area (Å²) in [5.41, 5.74) is -0.305. The molecule has 0 aliphatic carbocycles. The molecule has 0 saturated heterocycles. The summed E-state index contributed by atoms with van der Waals surface area (Å²) in [6.07, 6.45) is -4.36. The number of hydrogen-bond donors (Lipinski definition) is 0. The zero-order chi connectivity index (χ0) is 10.1. The summed E-state index contributed by atoms with van der Waals surface area (Å²) < 4.78 is 37.0. The predicted molar refractivity (Wildman–Crippen MR) is 45.4 cm³/mol. The highest BCUT2D eigenvalue weighted by Gasteiger charge is 2.33. The molecule has 0 fully saturated rings. The Hall–Kier alpha value is -1.32. The van der Waals surface area contributed by atoms with Crippen LogP contribution in [0.5, 0.6) is 0 Å². The molecule has 0 bridgehead atoms. The molecular weight excluding hydrogens is 179 g/mol. The largest absolute Gasteiger partial charge is 0.418 e. The number of nitrogens with zero attached hydrogens (tertiary/aromatic N) is 1. The fourth-order valence-corrected chi connectivity index (χ4v) is 1.01. The number of benzene rings is 1. The van der Waals surface area contributed by atoms with E-state index in [2.05, 4.69) is 11.7 Å². The summed E-state index contributed by atoms with van der Waals surface area (Å²) in [6, 6.07) is 3.94. The predicted octanol–water partition coefficient (Wildman–Crippen LogP) is 3.35. The molecule has 70 valence electrons. The van der Waals surface area contributed by atoms with Crippen molar-refractivity contribution in [2.24, 2.45) is 4.99 Å². The summed E-state index contributed by atoms with van der Waals surface area (Å²) in [6.45, 7) is 4.68. The van der Waals surface area contributed by atoms with E-state index in [1.807, 2.05) is 0 Å². The molecule has 0 aliphatic rings. The minimum absolute atomic E-state index is 0.127. The number of hydrogen-bond acceptors (Lipinski definition) is 1. The Morgan fingerprint density at radius 1 is 1.31 bits per heavy atom. The average Bonchev–Trinajstić information content (AvgIpc) is 2.03.